The summed E-state index contributed by atoms with van der Waals surface area (Å²) in [5.41, 5.74) is 11.3. The van der Waals surface area contributed by atoms with E-state index in [1.165, 1.54) is 10.4 Å². The van der Waals surface area contributed by atoms with Crippen LogP contribution in [0.1, 0.15) is 28.8 Å². The Morgan fingerprint density at radius 3 is 2.65 bits per heavy atom. The van der Waals surface area contributed by atoms with Gasteiger partial charge in [0.1, 0.15) is 5.82 Å². The van der Waals surface area contributed by atoms with E-state index in [9.17, 15) is 0 Å². The van der Waals surface area contributed by atoms with Crippen molar-refractivity contribution in [3.05, 3.63) is 27.3 Å². The van der Waals surface area contributed by atoms with Crippen LogP contribution in [0.5, 0.6) is 0 Å². The van der Waals surface area contributed by atoms with E-state index in [0.717, 1.165) is 30.2 Å². The molecule has 0 saturated carbocycles. The first-order valence-electron chi connectivity index (χ1n) is 6.78. The molecule has 0 aliphatic heterocycles. The normalized spacial score (nSPS) is 12.7. The fraction of sp³-hybridized carbons (Fsp3) is 0.571. The van der Waals surface area contributed by atoms with Crippen molar-refractivity contribution in [3.8, 4) is 0 Å². The smallest absolute Gasteiger partial charge is 0.130 e. The second kappa shape index (κ2) is 5.93. The molecule has 2 aromatic rings. The fourth-order valence-corrected chi connectivity index (χ4v) is 3.33. The Balaban J connectivity index is 2.29. The zero-order chi connectivity index (χ0) is 14.9. The molecule has 6 heteroatoms. The summed E-state index contributed by atoms with van der Waals surface area (Å²) in [4.78, 5) is 7.84. The number of thiazole rings is 1. The SMILES string of the molecule is Cc1ncsc1CN(C)c1c(CC(C)N)c(C)nn1C. The van der Waals surface area contributed by atoms with Crippen LogP contribution >= 0.6 is 11.3 Å². The quantitative estimate of drug-likeness (QED) is 0.916. The third-order valence-electron chi connectivity index (χ3n) is 3.43. The summed E-state index contributed by atoms with van der Waals surface area (Å²) >= 11 is 1.70. The molecule has 0 saturated heterocycles. The molecule has 1 unspecified atom stereocenters. The average molecular weight is 293 g/mol. The molecule has 2 rings (SSSR count). The van der Waals surface area contributed by atoms with E-state index in [-0.39, 0.29) is 6.04 Å². The van der Waals surface area contributed by atoms with Crippen molar-refractivity contribution >= 4 is 17.2 Å². The van der Waals surface area contributed by atoms with Crippen LogP contribution in [0, 0.1) is 13.8 Å². The lowest BCUT2D eigenvalue weighted by atomic mass is 10.1. The van der Waals surface area contributed by atoms with Gasteiger partial charge in [-0.1, -0.05) is 0 Å². The monoisotopic (exact) mass is 293 g/mol. The van der Waals surface area contributed by atoms with Crippen LogP contribution in [0.3, 0.4) is 0 Å². The van der Waals surface area contributed by atoms with Gasteiger partial charge in [-0.15, -0.1) is 11.3 Å². The molecule has 0 radical (unpaired) electrons. The topological polar surface area (TPSA) is 60.0 Å². The number of rotatable bonds is 5. The van der Waals surface area contributed by atoms with Gasteiger partial charge in [-0.25, -0.2) is 4.98 Å². The number of aryl methyl sites for hydroxylation is 3. The van der Waals surface area contributed by atoms with Gasteiger partial charge in [-0.3, -0.25) is 4.68 Å². The highest BCUT2D eigenvalue weighted by molar-refractivity contribution is 7.09. The second-order valence-corrected chi connectivity index (χ2v) is 6.35. The minimum absolute atomic E-state index is 0.134. The van der Waals surface area contributed by atoms with Gasteiger partial charge in [0.25, 0.3) is 0 Å². The minimum Gasteiger partial charge on any atom is -0.354 e. The standard InChI is InChI=1S/C14H23N5S/c1-9(15)6-12-10(2)17-19(5)14(12)18(4)7-13-11(3)16-8-20-13/h8-9H,6-7,15H2,1-5H3. The van der Waals surface area contributed by atoms with Gasteiger partial charge < -0.3 is 10.6 Å². The molecule has 0 aliphatic carbocycles. The molecule has 1 atom stereocenters. The molecule has 0 fully saturated rings. The molecule has 0 aromatic carbocycles. The van der Waals surface area contributed by atoms with Gasteiger partial charge in [0, 0.05) is 30.6 Å². The van der Waals surface area contributed by atoms with E-state index >= 15 is 0 Å². The largest absolute Gasteiger partial charge is 0.354 e. The van der Waals surface area contributed by atoms with E-state index in [1.807, 2.05) is 31.1 Å². The van der Waals surface area contributed by atoms with Gasteiger partial charge in [0.15, 0.2) is 0 Å². The predicted octanol–water partition coefficient (Wildman–Crippen LogP) is 2.02. The third kappa shape index (κ3) is 3.02. The lowest BCUT2D eigenvalue weighted by Crippen LogP contribution is -2.23. The van der Waals surface area contributed by atoms with Crippen molar-refractivity contribution < 1.29 is 0 Å². The highest BCUT2D eigenvalue weighted by Gasteiger charge is 2.19. The average Bonchev–Trinajstić information content (AvgIpc) is 2.84. The summed E-state index contributed by atoms with van der Waals surface area (Å²) in [6.45, 7) is 6.98. The Hall–Kier alpha value is -1.40. The number of anilines is 1. The van der Waals surface area contributed by atoms with Crippen LogP contribution in [-0.2, 0) is 20.0 Å². The van der Waals surface area contributed by atoms with Crippen molar-refractivity contribution in [1.82, 2.24) is 14.8 Å². The Bertz CT molecular complexity index is 584. The Morgan fingerprint density at radius 1 is 1.40 bits per heavy atom. The van der Waals surface area contributed by atoms with Gasteiger partial charge in [-0.2, -0.15) is 5.10 Å². The summed E-state index contributed by atoms with van der Waals surface area (Å²) in [5.74, 6) is 1.15. The number of nitrogens with zero attached hydrogens (tertiary/aromatic N) is 4. The zero-order valence-corrected chi connectivity index (χ0v) is 13.7. The molecule has 0 bridgehead atoms. The van der Waals surface area contributed by atoms with Crippen LogP contribution in [-0.4, -0.2) is 27.9 Å². The second-order valence-electron chi connectivity index (χ2n) is 5.41. The first-order valence-corrected chi connectivity index (χ1v) is 7.66. The lowest BCUT2D eigenvalue weighted by Gasteiger charge is -2.21. The molecule has 0 amide bonds. The maximum absolute atomic E-state index is 5.97. The molecule has 0 aliphatic rings. The third-order valence-corrected chi connectivity index (χ3v) is 4.35. The molecule has 5 nitrogen and oxygen atoms in total. The first-order chi connectivity index (χ1) is 9.40. The summed E-state index contributed by atoms with van der Waals surface area (Å²) in [6.07, 6.45) is 0.848. The predicted molar refractivity (Wildman–Crippen MR) is 84.3 cm³/mol. The summed E-state index contributed by atoms with van der Waals surface area (Å²) in [5, 5.41) is 4.54. The van der Waals surface area contributed by atoms with Gasteiger partial charge in [0.05, 0.1) is 23.4 Å². The van der Waals surface area contributed by atoms with E-state index in [2.05, 4.69) is 29.0 Å². The number of aromatic nitrogens is 3. The van der Waals surface area contributed by atoms with Crippen LogP contribution in [0.15, 0.2) is 5.51 Å². The van der Waals surface area contributed by atoms with Crippen LogP contribution in [0.4, 0.5) is 5.82 Å². The fourth-order valence-electron chi connectivity index (χ4n) is 2.50. The van der Waals surface area contributed by atoms with E-state index in [0.29, 0.717) is 0 Å². The van der Waals surface area contributed by atoms with Crippen molar-refractivity contribution in [2.24, 2.45) is 12.8 Å². The first kappa shape index (κ1) is 15.0. The van der Waals surface area contributed by atoms with Crippen LogP contribution < -0.4 is 10.6 Å². The molecule has 2 aromatic heterocycles. The Kier molecular flexibility index (Phi) is 4.45. The van der Waals surface area contributed by atoms with Crippen molar-refractivity contribution in [3.63, 3.8) is 0 Å². The van der Waals surface area contributed by atoms with E-state index in [1.54, 1.807) is 11.3 Å². The lowest BCUT2D eigenvalue weighted by molar-refractivity contribution is 0.715. The molecule has 20 heavy (non-hydrogen) atoms. The minimum atomic E-state index is 0.134. The van der Waals surface area contributed by atoms with E-state index < -0.39 is 0 Å². The van der Waals surface area contributed by atoms with Crippen molar-refractivity contribution in [2.45, 2.75) is 39.8 Å². The molecule has 2 N–H and O–H groups in total. The van der Waals surface area contributed by atoms with E-state index in [4.69, 9.17) is 5.73 Å². The van der Waals surface area contributed by atoms with Crippen LogP contribution in [0.25, 0.3) is 0 Å². The Morgan fingerprint density at radius 2 is 2.10 bits per heavy atom. The zero-order valence-electron chi connectivity index (χ0n) is 12.8. The molecule has 110 valence electrons. The van der Waals surface area contributed by atoms with Gasteiger partial charge >= 0.3 is 0 Å². The van der Waals surface area contributed by atoms with Gasteiger partial charge in [0.2, 0.25) is 0 Å². The molecular formula is C14H23N5S. The number of hydrogen-bond acceptors (Lipinski definition) is 5. The summed E-state index contributed by atoms with van der Waals surface area (Å²) < 4.78 is 1.95. The van der Waals surface area contributed by atoms with Crippen molar-refractivity contribution in [1.29, 1.82) is 0 Å². The highest BCUT2D eigenvalue weighted by Crippen LogP contribution is 2.26. The number of nitrogens with two attached hydrogens (primary N) is 1. The number of hydrogen-bond donors (Lipinski definition) is 1. The summed E-state index contributed by atoms with van der Waals surface area (Å²) in [7, 11) is 4.09. The molecular weight excluding hydrogens is 270 g/mol. The van der Waals surface area contributed by atoms with Crippen LogP contribution in [0.2, 0.25) is 0 Å². The Labute approximate surface area is 124 Å². The maximum atomic E-state index is 5.97. The maximum Gasteiger partial charge on any atom is 0.130 e. The highest BCUT2D eigenvalue weighted by atomic mass is 32.1. The molecule has 2 heterocycles. The van der Waals surface area contributed by atoms with Gasteiger partial charge in [-0.05, 0) is 27.2 Å². The summed E-state index contributed by atoms with van der Waals surface area (Å²) in [6, 6.07) is 0.134. The molecule has 0 spiro atoms. The van der Waals surface area contributed by atoms with Crippen molar-refractivity contribution in [2.75, 3.05) is 11.9 Å².